The van der Waals surface area contributed by atoms with Gasteiger partial charge in [-0.05, 0) is 73.8 Å². The second-order valence-corrected chi connectivity index (χ2v) is 10.3. The van der Waals surface area contributed by atoms with Gasteiger partial charge in [-0.2, -0.15) is 0 Å². The lowest BCUT2D eigenvalue weighted by atomic mass is 9.96. The molecule has 1 N–H and O–H groups in total. The SMILES string of the molecule is CC=C[C@@H]1C[C@H](C(=O)OC(C)(C)C)N(C(=O)OC(C)(C)C)[C@@H]1CCN(CC)CNC(C)=O. The topological polar surface area (TPSA) is 88.2 Å². The zero-order valence-electron chi connectivity index (χ0n) is 21.4. The highest BCUT2D eigenvalue weighted by Gasteiger charge is 2.48. The molecule has 1 saturated heterocycles. The molecule has 2 amide bonds. The number of nitrogens with one attached hydrogen (secondary N) is 1. The lowest BCUT2D eigenvalue weighted by molar-refractivity contribution is -0.160. The van der Waals surface area contributed by atoms with Crippen molar-refractivity contribution in [2.24, 2.45) is 5.92 Å². The molecule has 0 unspecified atom stereocenters. The number of hydrogen-bond acceptors (Lipinski definition) is 6. The Bertz CT molecular complexity index is 678. The van der Waals surface area contributed by atoms with Crippen molar-refractivity contribution >= 4 is 18.0 Å². The first-order chi connectivity index (χ1) is 14.7. The summed E-state index contributed by atoms with van der Waals surface area (Å²) in [6.07, 6.45) is 4.63. The number of allylic oxidation sites excluding steroid dienone is 1. The number of nitrogens with zero attached hydrogens (tertiary/aromatic N) is 2. The van der Waals surface area contributed by atoms with Gasteiger partial charge >= 0.3 is 12.1 Å². The minimum absolute atomic E-state index is 0.00418. The zero-order chi connectivity index (χ0) is 24.7. The Morgan fingerprint density at radius 1 is 1.09 bits per heavy atom. The Morgan fingerprint density at radius 3 is 2.16 bits per heavy atom. The molecule has 0 aromatic carbocycles. The van der Waals surface area contributed by atoms with Crippen LogP contribution >= 0.6 is 0 Å². The molecule has 1 aliphatic rings. The molecule has 8 nitrogen and oxygen atoms in total. The number of ether oxygens (including phenoxy) is 2. The van der Waals surface area contributed by atoms with E-state index in [0.717, 1.165) is 6.54 Å². The summed E-state index contributed by atoms with van der Waals surface area (Å²) in [6.45, 7) is 18.2. The van der Waals surface area contributed by atoms with Crippen molar-refractivity contribution in [2.45, 2.75) is 98.4 Å². The minimum Gasteiger partial charge on any atom is -0.458 e. The summed E-state index contributed by atoms with van der Waals surface area (Å²) in [7, 11) is 0. The summed E-state index contributed by atoms with van der Waals surface area (Å²) in [5.41, 5.74) is -1.33. The van der Waals surface area contributed by atoms with Crippen molar-refractivity contribution in [3.63, 3.8) is 0 Å². The van der Waals surface area contributed by atoms with Crippen molar-refractivity contribution in [2.75, 3.05) is 19.8 Å². The Morgan fingerprint density at radius 2 is 1.69 bits per heavy atom. The molecule has 0 aromatic heterocycles. The van der Waals surface area contributed by atoms with Gasteiger partial charge in [0.15, 0.2) is 0 Å². The van der Waals surface area contributed by atoms with Crippen LogP contribution in [0.2, 0.25) is 0 Å². The van der Waals surface area contributed by atoms with Crippen molar-refractivity contribution in [3.8, 4) is 0 Å². The maximum absolute atomic E-state index is 13.2. The number of esters is 1. The van der Waals surface area contributed by atoms with E-state index in [1.807, 2.05) is 61.5 Å². The molecule has 0 radical (unpaired) electrons. The van der Waals surface area contributed by atoms with Crippen LogP contribution in [0, 0.1) is 5.92 Å². The molecule has 0 aliphatic carbocycles. The highest BCUT2D eigenvalue weighted by molar-refractivity contribution is 5.83. The average Bonchev–Trinajstić information content (AvgIpc) is 2.98. The van der Waals surface area contributed by atoms with Gasteiger partial charge in [0.1, 0.15) is 17.2 Å². The van der Waals surface area contributed by atoms with Crippen molar-refractivity contribution in [3.05, 3.63) is 12.2 Å². The van der Waals surface area contributed by atoms with Crippen molar-refractivity contribution < 1.29 is 23.9 Å². The molecule has 0 bridgehead atoms. The van der Waals surface area contributed by atoms with Gasteiger partial charge in [-0.25, -0.2) is 9.59 Å². The van der Waals surface area contributed by atoms with E-state index in [1.165, 1.54) is 6.92 Å². The molecule has 1 aliphatic heterocycles. The quantitative estimate of drug-likeness (QED) is 0.342. The smallest absolute Gasteiger partial charge is 0.411 e. The van der Waals surface area contributed by atoms with Crippen LogP contribution in [0.25, 0.3) is 0 Å². The van der Waals surface area contributed by atoms with Gasteiger partial charge in [0, 0.05) is 19.5 Å². The lowest BCUT2D eigenvalue weighted by Gasteiger charge is -2.34. The van der Waals surface area contributed by atoms with Gasteiger partial charge in [-0.1, -0.05) is 19.1 Å². The fourth-order valence-corrected chi connectivity index (χ4v) is 3.82. The summed E-state index contributed by atoms with van der Waals surface area (Å²) in [6, 6.07) is -0.925. The van der Waals surface area contributed by atoms with Crippen LogP contribution in [0.3, 0.4) is 0 Å². The third-order valence-corrected chi connectivity index (χ3v) is 5.15. The predicted octanol–water partition coefficient (Wildman–Crippen LogP) is 3.70. The van der Waals surface area contributed by atoms with E-state index < -0.39 is 29.3 Å². The summed E-state index contributed by atoms with van der Waals surface area (Å²) in [5, 5.41) is 2.82. The first-order valence-corrected chi connectivity index (χ1v) is 11.5. The van der Waals surface area contributed by atoms with Crippen LogP contribution in [0.1, 0.15) is 75.2 Å². The third-order valence-electron chi connectivity index (χ3n) is 5.15. The van der Waals surface area contributed by atoms with Gasteiger partial charge in [0.2, 0.25) is 5.91 Å². The fourth-order valence-electron chi connectivity index (χ4n) is 3.82. The maximum atomic E-state index is 13.2. The van der Waals surface area contributed by atoms with E-state index in [2.05, 4.69) is 16.3 Å². The molecule has 32 heavy (non-hydrogen) atoms. The lowest BCUT2D eigenvalue weighted by Crippen LogP contribution is -2.50. The monoisotopic (exact) mass is 453 g/mol. The molecular weight excluding hydrogens is 410 g/mol. The van der Waals surface area contributed by atoms with Gasteiger partial charge < -0.3 is 14.8 Å². The van der Waals surface area contributed by atoms with Gasteiger partial charge in [0.25, 0.3) is 0 Å². The Labute approximate surface area is 193 Å². The van der Waals surface area contributed by atoms with E-state index in [4.69, 9.17) is 9.47 Å². The second-order valence-electron chi connectivity index (χ2n) is 10.3. The number of carbonyl (C=O) groups excluding carboxylic acids is 3. The predicted molar refractivity (Wildman–Crippen MR) is 125 cm³/mol. The Kier molecular flexibility index (Phi) is 10.2. The number of rotatable bonds is 8. The summed E-state index contributed by atoms with van der Waals surface area (Å²) < 4.78 is 11.3. The van der Waals surface area contributed by atoms with E-state index in [1.54, 1.807) is 4.90 Å². The summed E-state index contributed by atoms with van der Waals surface area (Å²) in [4.78, 5) is 41.3. The number of amides is 2. The van der Waals surface area contributed by atoms with Gasteiger partial charge in [-0.15, -0.1) is 0 Å². The molecule has 8 heteroatoms. The highest BCUT2D eigenvalue weighted by Crippen LogP contribution is 2.36. The van der Waals surface area contributed by atoms with Crippen LogP contribution in [-0.4, -0.2) is 70.8 Å². The highest BCUT2D eigenvalue weighted by atomic mass is 16.6. The van der Waals surface area contributed by atoms with E-state index in [-0.39, 0.29) is 17.9 Å². The third kappa shape index (κ3) is 9.18. The van der Waals surface area contributed by atoms with Crippen molar-refractivity contribution in [1.29, 1.82) is 0 Å². The molecule has 0 aromatic rings. The number of hydrogen-bond donors (Lipinski definition) is 1. The standard InChI is InChI=1S/C24H43N3O5/c1-10-12-18-15-20(21(29)31-23(4,5)6)27(22(30)32-24(7,8)9)19(18)13-14-26(11-2)16-25-17(3)28/h10,12,18-20H,11,13-16H2,1-9H3,(H,25,28)/t18-,19-,20-/m1/s1. The fraction of sp³-hybridized carbons (Fsp3) is 0.792. The second kappa shape index (κ2) is 11.7. The van der Waals surface area contributed by atoms with E-state index in [9.17, 15) is 14.4 Å². The van der Waals surface area contributed by atoms with E-state index in [0.29, 0.717) is 26.1 Å². The first kappa shape index (κ1) is 27.9. The Balaban J connectivity index is 3.18. The largest absolute Gasteiger partial charge is 0.458 e. The number of carbonyl (C=O) groups is 3. The number of likely N-dealkylation sites (tertiary alicyclic amines) is 1. The zero-order valence-corrected chi connectivity index (χ0v) is 21.4. The molecular formula is C24H43N3O5. The van der Waals surface area contributed by atoms with Gasteiger partial charge in [-0.3, -0.25) is 14.6 Å². The molecule has 0 spiro atoms. The van der Waals surface area contributed by atoms with E-state index >= 15 is 0 Å². The van der Waals surface area contributed by atoms with Crippen LogP contribution in [0.4, 0.5) is 4.79 Å². The minimum atomic E-state index is -0.708. The molecule has 1 fully saturated rings. The Hall–Kier alpha value is -2.09. The van der Waals surface area contributed by atoms with Crippen molar-refractivity contribution in [1.82, 2.24) is 15.1 Å². The van der Waals surface area contributed by atoms with Crippen LogP contribution < -0.4 is 5.32 Å². The molecule has 184 valence electrons. The van der Waals surface area contributed by atoms with Gasteiger partial charge in [0.05, 0.1) is 6.67 Å². The molecule has 3 atom stereocenters. The van der Waals surface area contributed by atoms with Crippen LogP contribution in [-0.2, 0) is 19.1 Å². The molecule has 1 heterocycles. The average molecular weight is 454 g/mol. The maximum Gasteiger partial charge on any atom is 0.411 e. The molecule has 1 rings (SSSR count). The van der Waals surface area contributed by atoms with Crippen LogP contribution in [0.15, 0.2) is 12.2 Å². The summed E-state index contributed by atoms with van der Waals surface area (Å²) in [5.74, 6) is -0.494. The summed E-state index contributed by atoms with van der Waals surface area (Å²) >= 11 is 0. The first-order valence-electron chi connectivity index (χ1n) is 11.5. The normalized spacial score (nSPS) is 21.8. The van der Waals surface area contributed by atoms with Crippen LogP contribution in [0.5, 0.6) is 0 Å². The molecule has 0 saturated carbocycles.